The number of ether oxygens (including phenoxy) is 1. The summed E-state index contributed by atoms with van der Waals surface area (Å²) in [5.74, 6) is 0.491. The van der Waals surface area contributed by atoms with Crippen molar-refractivity contribution in [1.29, 1.82) is 0 Å². The number of carbonyl (C=O) groups is 3. The number of nitrogens with zero attached hydrogens (tertiary/aromatic N) is 3. The van der Waals surface area contributed by atoms with Crippen molar-refractivity contribution in [2.45, 2.75) is 38.5 Å². The molecule has 1 N–H and O–H groups in total. The second-order valence-corrected chi connectivity index (χ2v) is 9.05. The lowest BCUT2D eigenvalue weighted by Crippen LogP contribution is -2.51. The van der Waals surface area contributed by atoms with Crippen LogP contribution in [-0.4, -0.2) is 78.9 Å². The largest absolute Gasteiger partial charge is 0.495 e. The van der Waals surface area contributed by atoms with Gasteiger partial charge in [0.1, 0.15) is 5.75 Å². The summed E-state index contributed by atoms with van der Waals surface area (Å²) >= 11 is 0. The van der Waals surface area contributed by atoms with Gasteiger partial charge in [0.25, 0.3) is 0 Å². The molecule has 1 atom stereocenters. The van der Waals surface area contributed by atoms with Gasteiger partial charge in [0.05, 0.1) is 18.7 Å². The second-order valence-electron chi connectivity index (χ2n) is 9.05. The molecule has 3 heterocycles. The number of urea groups is 1. The number of methoxy groups -OCH3 is 1. The molecule has 0 saturated carbocycles. The molecule has 1 aromatic rings. The highest BCUT2D eigenvalue weighted by Gasteiger charge is 2.35. The summed E-state index contributed by atoms with van der Waals surface area (Å²) in [7, 11) is 1.58. The normalized spacial score (nSPS) is 22.0. The van der Waals surface area contributed by atoms with Crippen LogP contribution < -0.4 is 10.1 Å². The Morgan fingerprint density at radius 2 is 1.53 bits per heavy atom. The fourth-order valence-electron chi connectivity index (χ4n) is 5.06. The lowest BCUT2D eigenvalue weighted by Gasteiger charge is -2.38. The maximum absolute atomic E-state index is 13.2. The number of piperidine rings is 2. The van der Waals surface area contributed by atoms with Crippen LogP contribution in [0.4, 0.5) is 10.5 Å². The van der Waals surface area contributed by atoms with Crippen molar-refractivity contribution in [3.8, 4) is 5.75 Å². The molecule has 0 bridgehead atoms. The van der Waals surface area contributed by atoms with E-state index >= 15 is 0 Å². The van der Waals surface area contributed by atoms with Gasteiger partial charge >= 0.3 is 6.03 Å². The van der Waals surface area contributed by atoms with Crippen LogP contribution in [0.15, 0.2) is 24.3 Å². The Kier molecular flexibility index (Phi) is 7.17. The van der Waals surface area contributed by atoms with Crippen molar-refractivity contribution in [3.05, 3.63) is 24.3 Å². The van der Waals surface area contributed by atoms with E-state index in [1.165, 1.54) is 0 Å². The van der Waals surface area contributed by atoms with Gasteiger partial charge in [-0.05, 0) is 50.7 Å². The summed E-state index contributed by atoms with van der Waals surface area (Å²) in [4.78, 5) is 44.3. The molecule has 1 aromatic carbocycles. The lowest BCUT2D eigenvalue weighted by molar-refractivity contribution is -0.139. The van der Waals surface area contributed by atoms with Crippen molar-refractivity contribution >= 4 is 23.5 Å². The van der Waals surface area contributed by atoms with E-state index in [9.17, 15) is 14.4 Å². The Balaban J connectivity index is 1.27. The number of amides is 4. The van der Waals surface area contributed by atoms with Crippen LogP contribution in [0.25, 0.3) is 0 Å². The van der Waals surface area contributed by atoms with Gasteiger partial charge in [0.15, 0.2) is 0 Å². The van der Waals surface area contributed by atoms with Gasteiger partial charge in [-0.15, -0.1) is 0 Å². The van der Waals surface area contributed by atoms with Crippen LogP contribution >= 0.6 is 0 Å². The summed E-state index contributed by atoms with van der Waals surface area (Å²) in [6.45, 7) is 4.09. The van der Waals surface area contributed by atoms with Crippen molar-refractivity contribution in [2.24, 2.45) is 11.8 Å². The number of nitrogens with one attached hydrogen (secondary N) is 1. The fraction of sp³-hybridized carbons (Fsp3) is 0.625. The molecule has 0 radical (unpaired) electrons. The number of benzene rings is 1. The van der Waals surface area contributed by atoms with E-state index < -0.39 is 0 Å². The highest BCUT2D eigenvalue weighted by molar-refractivity contribution is 5.94. The van der Waals surface area contributed by atoms with Gasteiger partial charge < -0.3 is 24.8 Å². The average molecular weight is 443 g/mol. The van der Waals surface area contributed by atoms with Crippen LogP contribution in [0.1, 0.15) is 38.5 Å². The molecule has 0 spiro atoms. The van der Waals surface area contributed by atoms with Gasteiger partial charge in [-0.25, -0.2) is 4.79 Å². The number of para-hydroxylation sites is 2. The molecule has 8 nitrogen and oxygen atoms in total. The first-order valence-electron chi connectivity index (χ1n) is 11.8. The van der Waals surface area contributed by atoms with E-state index in [2.05, 4.69) is 5.32 Å². The Bertz CT molecular complexity index is 831. The first kappa shape index (κ1) is 22.4. The summed E-state index contributed by atoms with van der Waals surface area (Å²) in [5, 5.41) is 2.97. The predicted molar refractivity (Wildman–Crippen MR) is 121 cm³/mol. The van der Waals surface area contributed by atoms with E-state index in [-0.39, 0.29) is 29.7 Å². The Morgan fingerprint density at radius 1 is 0.844 bits per heavy atom. The van der Waals surface area contributed by atoms with Gasteiger partial charge in [-0.2, -0.15) is 0 Å². The minimum Gasteiger partial charge on any atom is -0.495 e. The third kappa shape index (κ3) is 5.00. The Hall–Kier alpha value is -2.77. The van der Waals surface area contributed by atoms with Crippen LogP contribution in [0.3, 0.4) is 0 Å². The second kappa shape index (κ2) is 10.2. The average Bonchev–Trinajstić information content (AvgIpc) is 3.38. The Labute approximate surface area is 189 Å². The van der Waals surface area contributed by atoms with Gasteiger partial charge in [0.2, 0.25) is 11.8 Å². The highest BCUT2D eigenvalue weighted by Crippen LogP contribution is 2.27. The third-order valence-corrected chi connectivity index (χ3v) is 6.96. The molecule has 174 valence electrons. The van der Waals surface area contributed by atoms with E-state index in [0.717, 1.165) is 45.3 Å². The molecule has 1 unspecified atom stereocenters. The maximum atomic E-state index is 13.2. The molecule has 0 aliphatic carbocycles. The number of carbonyl (C=O) groups excluding carboxylic acids is 3. The zero-order valence-corrected chi connectivity index (χ0v) is 18.9. The molecular formula is C24H34N4O4. The number of likely N-dealkylation sites (tertiary alicyclic amines) is 3. The molecule has 3 aliphatic rings. The molecule has 8 heteroatoms. The topological polar surface area (TPSA) is 82.2 Å². The fourth-order valence-corrected chi connectivity index (χ4v) is 5.06. The summed E-state index contributed by atoms with van der Waals surface area (Å²) in [6, 6.07) is 7.46. The van der Waals surface area contributed by atoms with Crippen molar-refractivity contribution in [2.75, 3.05) is 51.7 Å². The SMILES string of the molecule is COc1ccccc1NC(=O)C1CCN(C(=O)C2CCCN(C(=O)N3CCCC3)C2)CC1. The zero-order valence-electron chi connectivity index (χ0n) is 18.9. The standard InChI is InChI=1S/C24H34N4O4/c1-32-21-9-3-2-8-20(21)25-22(29)18-10-15-26(16-11-18)23(30)19-7-6-14-28(17-19)24(31)27-12-4-5-13-27/h2-3,8-9,18-19H,4-7,10-17H2,1H3,(H,25,29). The maximum Gasteiger partial charge on any atom is 0.320 e. The van der Waals surface area contributed by atoms with E-state index in [1.54, 1.807) is 7.11 Å². The predicted octanol–water partition coefficient (Wildman–Crippen LogP) is 2.80. The van der Waals surface area contributed by atoms with E-state index in [4.69, 9.17) is 4.74 Å². The van der Waals surface area contributed by atoms with Gasteiger partial charge in [0, 0.05) is 45.2 Å². The molecule has 0 aromatic heterocycles. The summed E-state index contributed by atoms with van der Waals surface area (Å²) in [5.41, 5.74) is 0.670. The van der Waals surface area contributed by atoms with E-state index in [1.807, 2.05) is 39.0 Å². The van der Waals surface area contributed by atoms with E-state index in [0.29, 0.717) is 43.9 Å². The van der Waals surface area contributed by atoms with Crippen LogP contribution in [0.2, 0.25) is 0 Å². The molecule has 3 saturated heterocycles. The first-order chi connectivity index (χ1) is 15.6. The molecular weight excluding hydrogens is 408 g/mol. The minimum absolute atomic E-state index is 0.0262. The van der Waals surface area contributed by atoms with Crippen molar-refractivity contribution < 1.29 is 19.1 Å². The van der Waals surface area contributed by atoms with Crippen LogP contribution in [0, 0.1) is 11.8 Å². The number of rotatable bonds is 4. The van der Waals surface area contributed by atoms with Crippen LogP contribution in [-0.2, 0) is 9.59 Å². The van der Waals surface area contributed by atoms with Crippen molar-refractivity contribution in [3.63, 3.8) is 0 Å². The monoisotopic (exact) mass is 442 g/mol. The zero-order chi connectivity index (χ0) is 22.5. The first-order valence-corrected chi connectivity index (χ1v) is 11.8. The number of anilines is 1. The number of hydrogen-bond donors (Lipinski definition) is 1. The molecule has 4 amide bonds. The molecule has 3 aliphatic heterocycles. The highest BCUT2D eigenvalue weighted by atomic mass is 16.5. The van der Waals surface area contributed by atoms with Crippen LogP contribution in [0.5, 0.6) is 5.75 Å². The number of hydrogen-bond acceptors (Lipinski definition) is 4. The molecule has 32 heavy (non-hydrogen) atoms. The Morgan fingerprint density at radius 3 is 2.25 bits per heavy atom. The quantitative estimate of drug-likeness (QED) is 0.777. The smallest absolute Gasteiger partial charge is 0.320 e. The van der Waals surface area contributed by atoms with Crippen molar-refractivity contribution in [1.82, 2.24) is 14.7 Å². The molecule has 3 fully saturated rings. The molecule has 4 rings (SSSR count). The minimum atomic E-state index is -0.130. The van der Waals surface area contributed by atoms with Gasteiger partial charge in [-0.3, -0.25) is 9.59 Å². The summed E-state index contributed by atoms with van der Waals surface area (Å²) in [6.07, 6.45) is 5.14. The lowest BCUT2D eigenvalue weighted by atomic mass is 9.92. The summed E-state index contributed by atoms with van der Waals surface area (Å²) < 4.78 is 5.31. The third-order valence-electron chi connectivity index (χ3n) is 6.96. The van der Waals surface area contributed by atoms with Gasteiger partial charge in [-0.1, -0.05) is 12.1 Å².